The summed E-state index contributed by atoms with van der Waals surface area (Å²) in [5.74, 6) is -0.476. The minimum Gasteiger partial charge on any atom is -0.508 e. The molecule has 2 N–H and O–H groups in total. The predicted molar refractivity (Wildman–Crippen MR) is 147 cm³/mol. The first-order chi connectivity index (χ1) is 17.7. The standard InChI is InChI=1S/C33H28O5/c1-15-9-17-7-8-23-19(18(17)12-25(15)34)11-22(30(37)32(23,3)4)29-28-21-13-26(35)16(2)10-20(21)27(36)14-24(28)33(5,6)31(29)38/h7-14,34-35H,1-6H3. The Morgan fingerprint density at radius 1 is 0.684 bits per heavy atom. The number of rotatable bonds is 1. The van der Waals surface area contributed by atoms with Gasteiger partial charge in [0.15, 0.2) is 17.3 Å². The lowest BCUT2D eigenvalue weighted by atomic mass is 9.68. The predicted octanol–water partition coefficient (Wildman–Crippen LogP) is 6.30. The summed E-state index contributed by atoms with van der Waals surface area (Å²) < 4.78 is 0. The molecule has 0 spiro atoms. The summed E-state index contributed by atoms with van der Waals surface area (Å²) in [6, 6.07) is 10.7. The Bertz CT molecular complexity index is 1790. The summed E-state index contributed by atoms with van der Waals surface area (Å²) >= 11 is 0. The molecule has 0 atom stereocenters. The molecule has 0 aromatic heterocycles. The summed E-state index contributed by atoms with van der Waals surface area (Å²) in [6.45, 7) is 10.8. The van der Waals surface area contributed by atoms with E-state index in [1.54, 1.807) is 39.0 Å². The summed E-state index contributed by atoms with van der Waals surface area (Å²) in [6.07, 6.45) is 3.27. The number of fused-ring (bicyclic) bond motifs is 6. The molecule has 5 nitrogen and oxygen atoms in total. The van der Waals surface area contributed by atoms with Crippen molar-refractivity contribution in [2.75, 3.05) is 0 Å². The molecule has 0 bridgehead atoms. The number of phenols is 2. The fourth-order valence-electron chi connectivity index (χ4n) is 6.15. The highest BCUT2D eigenvalue weighted by molar-refractivity contribution is 6.32. The van der Waals surface area contributed by atoms with Crippen LogP contribution in [0.4, 0.5) is 0 Å². The zero-order chi connectivity index (χ0) is 27.5. The van der Waals surface area contributed by atoms with Crippen molar-refractivity contribution >= 4 is 39.8 Å². The van der Waals surface area contributed by atoms with Crippen LogP contribution in [0, 0.1) is 19.3 Å². The number of carbonyl (C=O) groups is 3. The van der Waals surface area contributed by atoms with E-state index in [-0.39, 0.29) is 40.0 Å². The van der Waals surface area contributed by atoms with Crippen molar-refractivity contribution in [3.8, 4) is 11.5 Å². The normalized spacial score (nSPS) is 19.3. The topological polar surface area (TPSA) is 91.7 Å². The van der Waals surface area contributed by atoms with Crippen molar-refractivity contribution in [3.05, 3.63) is 92.6 Å². The van der Waals surface area contributed by atoms with Gasteiger partial charge in [0.25, 0.3) is 0 Å². The Morgan fingerprint density at radius 3 is 2.05 bits per heavy atom. The first kappa shape index (κ1) is 24.1. The van der Waals surface area contributed by atoms with Crippen LogP contribution in [0.5, 0.6) is 11.5 Å². The van der Waals surface area contributed by atoms with Crippen LogP contribution in [0.2, 0.25) is 0 Å². The van der Waals surface area contributed by atoms with Crippen molar-refractivity contribution in [3.63, 3.8) is 0 Å². The van der Waals surface area contributed by atoms with Crippen molar-refractivity contribution in [1.82, 2.24) is 0 Å². The quantitative estimate of drug-likeness (QED) is 0.406. The van der Waals surface area contributed by atoms with E-state index in [2.05, 4.69) is 0 Å². The third-order valence-electron chi connectivity index (χ3n) is 8.56. The van der Waals surface area contributed by atoms with Gasteiger partial charge in [0.1, 0.15) is 11.5 Å². The summed E-state index contributed by atoms with van der Waals surface area (Å²) in [4.78, 5) is 41.3. The van der Waals surface area contributed by atoms with E-state index in [0.717, 1.165) is 27.5 Å². The maximum absolute atomic E-state index is 14.1. The van der Waals surface area contributed by atoms with E-state index >= 15 is 0 Å². The maximum Gasteiger partial charge on any atom is 0.186 e. The van der Waals surface area contributed by atoms with Gasteiger partial charge in [-0.2, -0.15) is 0 Å². The second kappa shape index (κ2) is 7.41. The number of ketones is 3. The molecule has 0 aliphatic heterocycles. The highest BCUT2D eigenvalue weighted by Gasteiger charge is 2.51. The van der Waals surface area contributed by atoms with Crippen molar-refractivity contribution in [2.45, 2.75) is 47.0 Å². The van der Waals surface area contributed by atoms with Gasteiger partial charge in [-0.3, -0.25) is 14.4 Å². The lowest BCUT2D eigenvalue weighted by molar-refractivity contribution is -0.123. The van der Waals surface area contributed by atoms with Crippen molar-refractivity contribution < 1.29 is 24.6 Å². The monoisotopic (exact) mass is 504 g/mol. The van der Waals surface area contributed by atoms with Crippen molar-refractivity contribution in [1.29, 1.82) is 0 Å². The molecule has 6 rings (SSSR count). The molecular formula is C33H28O5. The second-order valence-corrected chi connectivity index (χ2v) is 11.7. The van der Waals surface area contributed by atoms with Crippen molar-refractivity contribution in [2.24, 2.45) is 5.41 Å². The van der Waals surface area contributed by atoms with Gasteiger partial charge in [0.2, 0.25) is 0 Å². The van der Waals surface area contributed by atoms with E-state index in [1.807, 2.05) is 39.0 Å². The number of carbonyl (C=O) groups excluding carboxylic acids is 3. The maximum atomic E-state index is 14.1. The van der Waals surface area contributed by atoms with Crippen LogP contribution < -0.4 is 0 Å². The molecule has 0 unspecified atom stereocenters. The molecule has 5 heteroatoms. The zero-order valence-electron chi connectivity index (χ0n) is 22.2. The third-order valence-corrected chi connectivity index (χ3v) is 8.56. The van der Waals surface area contributed by atoms with Gasteiger partial charge >= 0.3 is 0 Å². The van der Waals surface area contributed by atoms with Crippen LogP contribution >= 0.6 is 0 Å². The second-order valence-electron chi connectivity index (χ2n) is 11.7. The number of allylic oxidation sites excluding steroid dienone is 5. The lowest BCUT2D eigenvalue weighted by Gasteiger charge is -2.32. The molecule has 0 heterocycles. The van der Waals surface area contributed by atoms with Crippen LogP contribution in [0.1, 0.15) is 65.9 Å². The molecule has 190 valence electrons. The number of hydrogen-bond acceptors (Lipinski definition) is 5. The minimum atomic E-state index is -1.03. The third kappa shape index (κ3) is 2.96. The fraction of sp³-hybridized carbons (Fsp3) is 0.242. The van der Waals surface area contributed by atoms with E-state index in [9.17, 15) is 24.6 Å². The van der Waals surface area contributed by atoms with Gasteiger partial charge in [0.05, 0.1) is 10.8 Å². The van der Waals surface area contributed by atoms with E-state index in [1.165, 1.54) is 12.1 Å². The zero-order valence-corrected chi connectivity index (χ0v) is 22.2. The lowest BCUT2D eigenvalue weighted by Crippen LogP contribution is -2.36. The van der Waals surface area contributed by atoms with Crippen LogP contribution in [0.25, 0.3) is 22.4 Å². The smallest absolute Gasteiger partial charge is 0.186 e. The molecule has 3 aliphatic rings. The number of aryl methyl sites for hydroxylation is 2. The highest BCUT2D eigenvalue weighted by Crippen LogP contribution is 2.55. The minimum absolute atomic E-state index is 0.0215. The Labute approximate surface area is 220 Å². The number of aromatic hydroxyl groups is 2. The Hall–Kier alpha value is -4.25. The summed E-state index contributed by atoms with van der Waals surface area (Å²) in [7, 11) is 0. The molecule has 0 radical (unpaired) electrons. The highest BCUT2D eigenvalue weighted by atomic mass is 16.3. The van der Waals surface area contributed by atoms with Gasteiger partial charge in [-0.25, -0.2) is 0 Å². The molecule has 0 fully saturated rings. The van der Waals surface area contributed by atoms with E-state index in [4.69, 9.17) is 0 Å². The molecule has 3 aromatic carbocycles. The fourth-order valence-corrected chi connectivity index (χ4v) is 6.15. The average Bonchev–Trinajstić information content (AvgIpc) is 3.04. The van der Waals surface area contributed by atoms with Crippen LogP contribution in [-0.4, -0.2) is 27.6 Å². The van der Waals surface area contributed by atoms with Gasteiger partial charge in [-0.1, -0.05) is 12.1 Å². The number of benzene rings is 3. The molecule has 3 aliphatic carbocycles. The first-order valence-electron chi connectivity index (χ1n) is 12.7. The molecular weight excluding hydrogens is 476 g/mol. The van der Waals surface area contributed by atoms with E-state index < -0.39 is 10.8 Å². The molecule has 38 heavy (non-hydrogen) atoms. The summed E-state index contributed by atoms with van der Waals surface area (Å²) in [5.41, 5.74) is 3.45. The number of hydrogen-bond donors (Lipinski definition) is 2. The SMILES string of the molecule is Cc1cc2c(cc1O)C1=C(C3=Cc4c(ccc5cc(C)c(O)cc45)C(C)(C)C3=O)C(=O)C(C)(C)C1=CC2=O. The average molecular weight is 505 g/mol. The Balaban J connectivity index is 1.73. The number of Topliss-reactive ketones (excluding diaryl/α,β-unsaturated/α-hetero) is 2. The van der Waals surface area contributed by atoms with Gasteiger partial charge in [0, 0.05) is 16.7 Å². The molecule has 3 aromatic rings. The van der Waals surface area contributed by atoms with Gasteiger partial charge in [-0.15, -0.1) is 0 Å². The Morgan fingerprint density at radius 2 is 1.34 bits per heavy atom. The van der Waals surface area contributed by atoms with E-state index in [0.29, 0.717) is 27.8 Å². The van der Waals surface area contributed by atoms with Crippen LogP contribution in [0.3, 0.4) is 0 Å². The molecule has 0 amide bonds. The first-order valence-corrected chi connectivity index (χ1v) is 12.7. The van der Waals surface area contributed by atoms with Gasteiger partial charge < -0.3 is 10.2 Å². The largest absolute Gasteiger partial charge is 0.508 e. The van der Waals surface area contributed by atoms with Crippen LogP contribution in [0.15, 0.2) is 59.2 Å². The number of phenolic OH excluding ortho intramolecular Hbond substituents is 2. The summed E-state index contributed by atoms with van der Waals surface area (Å²) in [5, 5.41) is 22.8. The van der Waals surface area contributed by atoms with Gasteiger partial charge in [-0.05, 0) is 128 Å². The molecule has 0 saturated heterocycles. The van der Waals surface area contributed by atoms with Crippen LogP contribution in [-0.2, 0) is 15.0 Å². The Kier molecular flexibility index (Phi) is 4.70. The molecule has 0 saturated carbocycles.